The van der Waals surface area contributed by atoms with E-state index in [1.165, 1.54) is 4.90 Å². The Morgan fingerprint density at radius 3 is 2.41 bits per heavy atom. The molecule has 6 nitrogen and oxygen atoms in total. The van der Waals surface area contributed by atoms with E-state index in [1.807, 2.05) is 13.0 Å². The molecule has 32 heavy (non-hydrogen) atoms. The topological polar surface area (TPSA) is 79.7 Å². The number of ketones is 1. The van der Waals surface area contributed by atoms with Gasteiger partial charge in [-0.15, -0.1) is 0 Å². The first kappa shape index (κ1) is 21.6. The predicted molar refractivity (Wildman–Crippen MR) is 121 cm³/mol. The lowest BCUT2D eigenvalue weighted by Gasteiger charge is -2.25. The van der Waals surface area contributed by atoms with Crippen LogP contribution in [0, 0.1) is 0 Å². The van der Waals surface area contributed by atoms with Crippen LogP contribution in [0.2, 0.25) is 5.02 Å². The monoisotopic (exact) mass is 448 g/mol. The van der Waals surface area contributed by atoms with Gasteiger partial charge in [-0.3, -0.25) is 14.6 Å². The van der Waals surface area contributed by atoms with Gasteiger partial charge in [0.15, 0.2) is 0 Å². The zero-order valence-electron chi connectivity index (χ0n) is 17.4. The maximum atomic E-state index is 13.1. The van der Waals surface area contributed by atoms with Gasteiger partial charge in [-0.1, -0.05) is 29.8 Å². The normalized spacial score (nSPS) is 17.6. The van der Waals surface area contributed by atoms with Gasteiger partial charge < -0.3 is 14.7 Å². The number of rotatable bonds is 6. The Morgan fingerprint density at radius 2 is 1.78 bits per heavy atom. The molecule has 2 aromatic carbocycles. The summed E-state index contributed by atoms with van der Waals surface area (Å²) in [7, 11) is 0. The van der Waals surface area contributed by atoms with Crippen molar-refractivity contribution in [3.05, 3.63) is 100 Å². The van der Waals surface area contributed by atoms with Crippen molar-refractivity contribution in [2.24, 2.45) is 0 Å². The van der Waals surface area contributed by atoms with Gasteiger partial charge in [0.2, 0.25) is 0 Å². The Labute approximate surface area is 190 Å². The third-order valence-electron chi connectivity index (χ3n) is 5.22. The summed E-state index contributed by atoms with van der Waals surface area (Å²) in [4.78, 5) is 31.8. The summed E-state index contributed by atoms with van der Waals surface area (Å²) in [5, 5.41) is 11.6. The number of halogens is 1. The lowest BCUT2D eigenvalue weighted by atomic mass is 9.95. The van der Waals surface area contributed by atoms with Crippen LogP contribution in [0.5, 0.6) is 5.75 Å². The van der Waals surface area contributed by atoms with Crippen LogP contribution in [-0.4, -0.2) is 33.3 Å². The van der Waals surface area contributed by atoms with Crippen molar-refractivity contribution in [2.45, 2.75) is 19.5 Å². The van der Waals surface area contributed by atoms with E-state index in [1.54, 1.807) is 66.9 Å². The van der Waals surface area contributed by atoms with E-state index < -0.39 is 17.7 Å². The Hall–Kier alpha value is -3.64. The van der Waals surface area contributed by atoms with Crippen LogP contribution < -0.4 is 4.74 Å². The minimum Gasteiger partial charge on any atom is -0.507 e. The highest BCUT2D eigenvalue weighted by Crippen LogP contribution is 2.40. The largest absolute Gasteiger partial charge is 0.507 e. The second-order valence-electron chi connectivity index (χ2n) is 7.26. The number of nitrogens with zero attached hydrogens (tertiary/aromatic N) is 2. The minimum atomic E-state index is -0.777. The molecule has 4 rings (SSSR count). The Kier molecular flexibility index (Phi) is 6.23. The molecule has 1 N–H and O–H groups in total. The van der Waals surface area contributed by atoms with Gasteiger partial charge in [-0.2, -0.15) is 0 Å². The number of hydrogen-bond donors (Lipinski definition) is 1. The second-order valence-corrected chi connectivity index (χ2v) is 7.69. The van der Waals surface area contributed by atoms with Gasteiger partial charge >= 0.3 is 0 Å². The first-order valence-electron chi connectivity index (χ1n) is 10.2. The van der Waals surface area contributed by atoms with Crippen molar-refractivity contribution in [3.63, 3.8) is 0 Å². The van der Waals surface area contributed by atoms with Crippen molar-refractivity contribution >= 4 is 29.1 Å². The standard InChI is InChI=1S/C25H21ClN2O4/c1-2-32-20-12-8-17(9-13-20)23(29)21-22(16-6-10-18(26)11-7-16)28(25(31)24(21)30)15-19-5-3-4-14-27-19/h3-14,22,29H,2,15H2,1H3/b23-21+. The van der Waals surface area contributed by atoms with Crippen LogP contribution in [0.15, 0.2) is 78.5 Å². The summed E-state index contributed by atoms with van der Waals surface area (Å²) >= 11 is 6.05. The summed E-state index contributed by atoms with van der Waals surface area (Å²) in [6.07, 6.45) is 1.63. The zero-order chi connectivity index (χ0) is 22.7. The van der Waals surface area contributed by atoms with E-state index in [4.69, 9.17) is 16.3 Å². The first-order chi connectivity index (χ1) is 15.5. The molecule has 1 saturated heterocycles. The average Bonchev–Trinajstić information content (AvgIpc) is 3.05. The average molecular weight is 449 g/mol. The maximum Gasteiger partial charge on any atom is 0.296 e. The maximum absolute atomic E-state index is 13.1. The highest BCUT2D eigenvalue weighted by atomic mass is 35.5. The van der Waals surface area contributed by atoms with Gasteiger partial charge in [-0.25, -0.2) is 0 Å². The minimum absolute atomic E-state index is 0.0254. The Balaban J connectivity index is 1.81. The number of Topliss-reactive ketones (excluding diaryl/α,β-unsaturated/α-hetero) is 1. The van der Waals surface area contributed by atoms with Crippen molar-refractivity contribution < 1.29 is 19.4 Å². The molecule has 1 atom stereocenters. The molecule has 1 aromatic heterocycles. The molecule has 0 saturated carbocycles. The van der Waals surface area contributed by atoms with Crippen LogP contribution in [-0.2, 0) is 16.1 Å². The zero-order valence-corrected chi connectivity index (χ0v) is 18.1. The summed E-state index contributed by atoms with van der Waals surface area (Å²) in [6.45, 7) is 2.52. The highest BCUT2D eigenvalue weighted by Gasteiger charge is 2.46. The second kappa shape index (κ2) is 9.24. The summed E-state index contributed by atoms with van der Waals surface area (Å²) < 4.78 is 5.44. The number of hydrogen-bond acceptors (Lipinski definition) is 5. The molecule has 162 valence electrons. The van der Waals surface area contributed by atoms with Crippen LogP contribution >= 0.6 is 11.6 Å². The lowest BCUT2D eigenvalue weighted by molar-refractivity contribution is -0.140. The molecule has 0 bridgehead atoms. The van der Waals surface area contributed by atoms with Crippen molar-refractivity contribution in [2.75, 3.05) is 6.61 Å². The van der Waals surface area contributed by atoms with E-state index in [-0.39, 0.29) is 17.9 Å². The number of amides is 1. The number of pyridine rings is 1. The van der Waals surface area contributed by atoms with Gasteiger partial charge in [0.25, 0.3) is 11.7 Å². The molecular weight excluding hydrogens is 428 g/mol. The first-order valence-corrected chi connectivity index (χ1v) is 10.5. The van der Waals surface area contributed by atoms with Gasteiger partial charge in [0.05, 0.1) is 30.5 Å². The highest BCUT2D eigenvalue weighted by molar-refractivity contribution is 6.46. The number of ether oxygens (including phenoxy) is 1. The number of likely N-dealkylation sites (tertiary alicyclic amines) is 1. The quantitative estimate of drug-likeness (QED) is 0.334. The molecule has 1 amide bonds. The Bertz CT molecular complexity index is 1160. The number of carbonyl (C=O) groups excluding carboxylic acids is 2. The van der Waals surface area contributed by atoms with Gasteiger partial charge in [-0.05, 0) is 61.0 Å². The smallest absolute Gasteiger partial charge is 0.296 e. The fraction of sp³-hybridized carbons (Fsp3) is 0.160. The van der Waals surface area contributed by atoms with Crippen LogP contribution in [0.3, 0.4) is 0 Å². The fourth-order valence-corrected chi connectivity index (χ4v) is 3.86. The summed E-state index contributed by atoms with van der Waals surface area (Å²) in [6, 6.07) is 18.2. The van der Waals surface area contributed by atoms with Crippen molar-refractivity contribution in [1.29, 1.82) is 0 Å². The molecule has 1 aliphatic heterocycles. The number of carbonyl (C=O) groups is 2. The molecule has 0 spiro atoms. The third kappa shape index (κ3) is 4.22. The van der Waals surface area contributed by atoms with Crippen LogP contribution in [0.25, 0.3) is 5.76 Å². The number of aliphatic hydroxyl groups excluding tert-OH is 1. The van der Waals surface area contributed by atoms with E-state index in [0.29, 0.717) is 34.2 Å². The molecule has 0 aliphatic carbocycles. The number of benzene rings is 2. The number of aromatic nitrogens is 1. The summed E-state index contributed by atoms with van der Waals surface area (Å²) in [5.41, 5.74) is 1.74. The van der Waals surface area contributed by atoms with E-state index in [9.17, 15) is 14.7 Å². The van der Waals surface area contributed by atoms with E-state index in [2.05, 4.69) is 4.98 Å². The van der Waals surface area contributed by atoms with E-state index >= 15 is 0 Å². The van der Waals surface area contributed by atoms with E-state index in [0.717, 1.165) is 0 Å². The lowest BCUT2D eigenvalue weighted by Crippen LogP contribution is -2.29. The number of aliphatic hydroxyl groups is 1. The predicted octanol–water partition coefficient (Wildman–Crippen LogP) is 4.76. The molecule has 1 fully saturated rings. The molecule has 1 aliphatic rings. The van der Waals surface area contributed by atoms with Gasteiger partial charge in [0.1, 0.15) is 11.5 Å². The van der Waals surface area contributed by atoms with Crippen LogP contribution in [0.4, 0.5) is 0 Å². The van der Waals surface area contributed by atoms with Crippen LogP contribution in [0.1, 0.15) is 29.8 Å². The van der Waals surface area contributed by atoms with Gasteiger partial charge in [0, 0.05) is 16.8 Å². The molecule has 7 heteroatoms. The summed E-state index contributed by atoms with van der Waals surface area (Å²) in [5.74, 6) is -1.03. The molecule has 1 unspecified atom stereocenters. The molecule has 3 aromatic rings. The third-order valence-corrected chi connectivity index (χ3v) is 5.47. The molecular formula is C25H21ClN2O4. The molecule has 2 heterocycles. The SMILES string of the molecule is CCOc1ccc(/C(O)=C2\C(=O)C(=O)N(Cc3ccccn3)C2c2ccc(Cl)cc2)cc1. The molecule has 0 radical (unpaired) electrons. The van der Waals surface area contributed by atoms with Crippen molar-refractivity contribution in [3.8, 4) is 5.75 Å². The fourth-order valence-electron chi connectivity index (χ4n) is 3.73. The van der Waals surface area contributed by atoms with Crippen molar-refractivity contribution in [1.82, 2.24) is 9.88 Å². The Morgan fingerprint density at radius 1 is 1.06 bits per heavy atom.